The summed E-state index contributed by atoms with van der Waals surface area (Å²) >= 11 is 11.9. The second-order valence-corrected chi connectivity index (χ2v) is 5.78. The predicted molar refractivity (Wildman–Crippen MR) is 85.6 cm³/mol. The van der Waals surface area contributed by atoms with Crippen LogP contribution in [0.25, 0.3) is 0 Å². The summed E-state index contributed by atoms with van der Waals surface area (Å²) in [6.45, 7) is 2.63. The Hall–Kier alpha value is -1.34. The predicted octanol–water partition coefficient (Wildman–Crippen LogP) is 1.68. The minimum absolute atomic E-state index is 0.141. The molecule has 8 heteroatoms. The number of aliphatic carboxylic acids is 1. The molecule has 0 bridgehead atoms. The van der Waals surface area contributed by atoms with E-state index in [1.807, 2.05) is 0 Å². The quantitative estimate of drug-likeness (QED) is 0.756. The highest BCUT2D eigenvalue weighted by Crippen LogP contribution is 2.29. The van der Waals surface area contributed by atoms with Crippen LogP contribution in [0.5, 0.6) is 0 Å². The minimum Gasteiger partial charge on any atom is -0.480 e. The average Bonchev–Trinajstić information content (AvgIpc) is 2.50. The summed E-state index contributed by atoms with van der Waals surface area (Å²) in [7, 11) is 0. The van der Waals surface area contributed by atoms with Gasteiger partial charge in [0.05, 0.1) is 22.2 Å². The molecule has 1 heterocycles. The van der Waals surface area contributed by atoms with Crippen LogP contribution in [0.2, 0.25) is 10.0 Å². The van der Waals surface area contributed by atoms with Gasteiger partial charge < -0.3 is 15.7 Å². The van der Waals surface area contributed by atoms with Gasteiger partial charge in [0.15, 0.2) is 0 Å². The van der Waals surface area contributed by atoms with E-state index in [1.165, 1.54) is 0 Å². The smallest absolute Gasteiger partial charge is 0.321 e. The molecule has 6 nitrogen and oxygen atoms in total. The van der Waals surface area contributed by atoms with Crippen LogP contribution in [0.4, 0.5) is 5.69 Å². The molecule has 0 saturated carbocycles. The Morgan fingerprint density at radius 3 is 2.64 bits per heavy atom. The fourth-order valence-corrected chi connectivity index (χ4v) is 2.69. The van der Waals surface area contributed by atoms with E-state index in [4.69, 9.17) is 23.2 Å². The van der Waals surface area contributed by atoms with E-state index < -0.39 is 17.9 Å². The number of rotatable bonds is 5. The number of anilines is 1. The van der Waals surface area contributed by atoms with Crippen molar-refractivity contribution in [2.45, 2.75) is 12.5 Å². The van der Waals surface area contributed by atoms with Crippen LogP contribution >= 0.6 is 23.2 Å². The average molecular weight is 346 g/mol. The molecule has 2 rings (SSSR count). The normalized spacial score (nSPS) is 17.0. The maximum Gasteiger partial charge on any atom is 0.321 e. The van der Waals surface area contributed by atoms with Crippen LogP contribution in [-0.4, -0.2) is 54.1 Å². The lowest BCUT2D eigenvalue weighted by atomic mass is 10.1. The van der Waals surface area contributed by atoms with E-state index in [9.17, 15) is 14.7 Å². The SMILES string of the molecule is O=C(C[C@@H](C(=O)O)N1CCNCC1)Nc1cccc(Cl)c1Cl. The molecule has 1 aliphatic rings. The lowest BCUT2D eigenvalue weighted by Crippen LogP contribution is -2.52. The number of amides is 1. The molecule has 0 aliphatic carbocycles. The summed E-state index contributed by atoms with van der Waals surface area (Å²) in [5.41, 5.74) is 0.378. The molecule has 1 atom stereocenters. The van der Waals surface area contributed by atoms with E-state index in [-0.39, 0.29) is 11.4 Å². The van der Waals surface area contributed by atoms with Gasteiger partial charge in [0.2, 0.25) is 5.91 Å². The second-order valence-electron chi connectivity index (χ2n) is 4.99. The lowest BCUT2D eigenvalue weighted by molar-refractivity contribution is -0.145. The zero-order valence-corrected chi connectivity index (χ0v) is 13.3. The summed E-state index contributed by atoms with van der Waals surface area (Å²) in [5.74, 6) is -1.41. The molecule has 1 saturated heterocycles. The molecule has 3 N–H and O–H groups in total. The van der Waals surface area contributed by atoms with Crippen molar-refractivity contribution in [1.82, 2.24) is 10.2 Å². The number of hydrogen-bond acceptors (Lipinski definition) is 4. The largest absolute Gasteiger partial charge is 0.480 e. The highest BCUT2D eigenvalue weighted by molar-refractivity contribution is 6.43. The molecule has 0 aromatic heterocycles. The molecule has 1 aliphatic heterocycles. The van der Waals surface area contributed by atoms with Crippen LogP contribution in [0, 0.1) is 0 Å². The van der Waals surface area contributed by atoms with Crippen molar-refractivity contribution >= 4 is 40.8 Å². The third-order valence-corrected chi connectivity index (χ3v) is 4.30. The molecule has 0 spiro atoms. The van der Waals surface area contributed by atoms with Gasteiger partial charge in [0, 0.05) is 26.2 Å². The number of carbonyl (C=O) groups is 2. The number of nitrogens with zero attached hydrogens (tertiary/aromatic N) is 1. The number of carboxylic acid groups (broad SMARTS) is 1. The molecular weight excluding hydrogens is 329 g/mol. The molecule has 1 fully saturated rings. The van der Waals surface area contributed by atoms with Gasteiger partial charge in [-0.05, 0) is 12.1 Å². The van der Waals surface area contributed by atoms with E-state index in [0.29, 0.717) is 36.9 Å². The number of carbonyl (C=O) groups excluding carboxylic acids is 1. The maximum atomic E-state index is 12.1. The summed E-state index contributed by atoms with van der Waals surface area (Å²) in [4.78, 5) is 25.3. The molecule has 0 radical (unpaired) electrons. The number of hydrogen-bond donors (Lipinski definition) is 3. The molecule has 22 heavy (non-hydrogen) atoms. The molecule has 0 unspecified atom stereocenters. The molecular formula is C14H17Cl2N3O3. The van der Waals surface area contributed by atoms with Gasteiger partial charge >= 0.3 is 5.97 Å². The van der Waals surface area contributed by atoms with Gasteiger partial charge in [-0.15, -0.1) is 0 Å². The van der Waals surface area contributed by atoms with Gasteiger partial charge in [-0.1, -0.05) is 29.3 Å². The van der Waals surface area contributed by atoms with E-state index in [2.05, 4.69) is 10.6 Å². The lowest BCUT2D eigenvalue weighted by Gasteiger charge is -2.32. The highest BCUT2D eigenvalue weighted by Gasteiger charge is 2.29. The number of halogens is 2. The van der Waals surface area contributed by atoms with Crippen LogP contribution in [0.3, 0.4) is 0 Å². The van der Waals surface area contributed by atoms with Crippen molar-refractivity contribution in [3.8, 4) is 0 Å². The van der Waals surface area contributed by atoms with Crippen molar-refractivity contribution in [1.29, 1.82) is 0 Å². The first-order chi connectivity index (χ1) is 10.5. The first-order valence-corrected chi connectivity index (χ1v) is 7.66. The Bertz CT molecular complexity index is 562. The van der Waals surface area contributed by atoms with E-state index in [0.717, 1.165) is 0 Å². The topological polar surface area (TPSA) is 81.7 Å². The van der Waals surface area contributed by atoms with Crippen LogP contribution in [0.1, 0.15) is 6.42 Å². The minimum atomic E-state index is -1.01. The van der Waals surface area contributed by atoms with E-state index >= 15 is 0 Å². The van der Waals surface area contributed by atoms with Crippen molar-refractivity contribution in [2.24, 2.45) is 0 Å². The third kappa shape index (κ3) is 4.33. The number of piperazine rings is 1. The Morgan fingerprint density at radius 1 is 1.32 bits per heavy atom. The zero-order chi connectivity index (χ0) is 16.1. The van der Waals surface area contributed by atoms with Gasteiger partial charge in [0.25, 0.3) is 0 Å². The number of nitrogens with one attached hydrogen (secondary N) is 2. The van der Waals surface area contributed by atoms with Crippen LogP contribution in [-0.2, 0) is 9.59 Å². The Morgan fingerprint density at radius 2 is 2.00 bits per heavy atom. The molecule has 1 aromatic rings. The van der Waals surface area contributed by atoms with E-state index in [1.54, 1.807) is 23.1 Å². The second kappa shape index (κ2) is 7.78. The Balaban J connectivity index is 2.02. The fraction of sp³-hybridized carbons (Fsp3) is 0.429. The summed E-state index contributed by atoms with van der Waals surface area (Å²) < 4.78 is 0. The first-order valence-electron chi connectivity index (χ1n) is 6.90. The third-order valence-electron chi connectivity index (χ3n) is 3.48. The first kappa shape index (κ1) is 17.0. The van der Waals surface area contributed by atoms with Gasteiger partial charge in [0.1, 0.15) is 6.04 Å². The standard InChI is InChI=1S/C14H17Cl2N3O3/c15-9-2-1-3-10(13(9)16)18-12(20)8-11(14(21)22)19-6-4-17-5-7-19/h1-3,11,17H,4-8H2,(H,18,20)(H,21,22)/t11-/m0/s1. The zero-order valence-electron chi connectivity index (χ0n) is 11.8. The van der Waals surface area contributed by atoms with Crippen LogP contribution < -0.4 is 10.6 Å². The fourth-order valence-electron chi connectivity index (χ4n) is 2.34. The van der Waals surface area contributed by atoms with Crippen LogP contribution in [0.15, 0.2) is 18.2 Å². The summed E-state index contributed by atoms with van der Waals surface area (Å²) in [6.07, 6.45) is -0.141. The highest BCUT2D eigenvalue weighted by atomic mass is 35.5. The van der Waals surface area contributed by atoms with Crippen molar-refractivity contribution in [3.05, 3.63) is 28.2 Å². The monoisotopic (exact) mass is 345 g/mol. The van der Waals surface area contributed by atoms with Crippen molar-refractivity contribution in [3.63, 3.8) is 0 Å². The number of benzene rings is 1. The molecule has 120 valence electrons. The van der Waals surface area contributed by atoms with Gasteiger partial charge in [-0.25, -0.2) is 0 Å². The van der Waals surface area contributed by atoms with Gasteiger partial charge in [-0.2, -0.15) is 0 Å². The molecule has 1 aromatic carbocycles. The summed E-state index contributed by atoms with van der Waals surface area (Å²) in [5, 5.41) is 15.7. The number of carboxylic acids is 1. The van der Waals surface area contributed by atoms with Gasteiger partial charge in [-0.3, -0.25) is 14.5 Å². The Labute approximate surface area is 138 Å². The summed E-state index contributed by atoms with van der Waals surface area (Å²) in [6, 6.07) is 4.04. The molecule has 1 amide bonds. The van der Waals surface area contributed by atoms with Crippen molar-refractivity contribution < 1.29 is 14.7 Å². The van der Waals surface area contributed by atoms with Crippen molar-refractivity contribution in [2.75, 3.05) is 31.5 Å². The maximum absolute atomic E-state index is 12.1. The Kier molecular flexibility index (Phi) is 6.02.